The predicted molar refractivity (Wildman–Crippen MR) is 81.7 cm³/mol. The van der Waals surface area contributed by atoms with Gasteiger partial charge in [0.1, 0.15) is 10.7 Å². The second-order valence-corrected chi connectivity index (χ2v) is 6.46. The van der Waals surface area contributed by atoms with E-state index in [4.69, 9.17) is 5.73 Å². The van der Waals surface area contributed by atoms with Crippen LogP contribution in [-0.4, -0.2) is 32.4 Å². The van der Waals surface area contributed by atoms with Crippen molar-refractivity contribution in [3.05, 3.63) is 29.6 Å². The summed E-state index contributed by atoms with van der Waals surface area (Å²) >= 11 is 0. The van der Waals surface area contributed by atoms with Crippen LogP contribution in [0.5, 0.6) is 0 Å². The zero-order valence-electron chi connectivity index (χ0n) is 12.4. The highest BCUT2D eigenvalue weighted by atomic mass is 32.2. The van der Waals surface area contributed by atoms with E-state index in [1.54, 1.807) is 0 Å². The molecule has 0 saturated carbocycles. The third kappa shape index (κ3) is 4.53. The van der Waals surface area contributed by atoms with Gasteiger partial charge in [0.05, 0.1) is 6.54 Å². The van der Waals surface area contributed by atoms with E-state index >= 15 is 0 Å². The molecular formula is C15H21FN2O2S. The summed E-state index contributed by atoms with van der Waals surface area (Å²) in [4.78, 5) is -0.303. The quantitative estimate of drug-likeness (QED) is 0.817. The first-order valence-electron chi connectivity index (χ1n) is 6.96. The smallest absolute Gasteiger partial charge is 0.245 e. The molecule has 0 fully saturated rings. The highest BCUT2D eigenvalue weighted by Gasteiger charge is 2.26. The van der Waals surface area contributed by atoms with Crippen molar-refractivity contribution in [1.82, 2.24) is 4.31 Å². The summed E-state index contributed by atoms with van der Waals surface area (Å²) in [6, 6.07) is 3.89. The van der Waals surface area contributed by atoms with Gasteiger partial charge in [-0.1, -0.05) is 25.7 Å². The SMILES string of the molecule is CCCN(CCC)S(=O)(=O)c1ccc(C#CCN)cc1F. The van der Waals surface area contributed by atoms with Crippen LogP contribution in [0.3, 0.4) is 0 Å². The van der Waals surface area contributed by atoms with Gasteiger partial charge < -0.3 is 5.73 Å². The Morgan fingerprint density at radius 1 is 1.24 bits per heavy atom. The molecule has 0 aliphatic carbocycles. The van der Waals surface area contributed by atoms with Gasteiger partial charge in [0.25, 0.3) is 0 Å². The maximum atomic E-state index is 14.1. The molecule has 0 aliphatic rings. The van der Waals surface area contributed by atoms with Gasteiger partial charge in [-0.25, -0.2) is 12.8 Å². The van der Waals surface area contributed by atoms with E-state index < -0.39 is 15.8 Å². The lowest BCUT2D eigenvalue weighted by atomic mass is 10.2. The molecule has 0 heterocycles. The number of sulfonamides is 1. The average molecular weight is 312 g/mol. The third-order valence-corrected chi connectivity index (χ3v) is 4.76. The first-order valence-corrected chi connectivity index (χ1v) is 8.40. The summed E-state index contributed by atoms with van der Waals surface area (Å²) in [5.41, 5.74) is 5.66. The van der Waals surface area contributed by atoms with Crippen molar-refractivity contribution in [2.45, 2.75) is 31.6 Å². The second-order valence-electron chi connectivity index (χ2n) is 4.56. The van der Waals surface area contributed by atoms with Gasteiger partial charge in [0.2, 0.25) is 10.0 Å². The molecule has 1 aromatic carbocycles. The number of rotatable bonds is 6. The molecular weight excluding hydrogens is 291 g/mol. The first-order chi connectivity index (χ1) is 9.97. The molecule has 0 saturated heterocycles. The number of halogens is 1. The van der Waals surface area contributed by atoms with E-state index in [2.05, 4.69) is 11.8 Å². The fourth-order valence-corrected chi connectivity index (χ4v) is 3.60. The van der Waals surface area contributed by atoms with Crippen LogP contribution in [0.1, 0.15) is 32.3 Å². The molecule has 0 aromatic heterocycles. The van der Waals surface area contributed by atoms with Crippen LogP contribution in [0, 0.1) is 17.7 Å². The van der Waals surface area contributed by atoms with Crippen molar-refractivity contribution in [1.29, 1.82) is 0 Å². The lowest BCUT2D eigenvalue weighted by Gasteiger charge is -2.21. The van der Waals surface area contributed by atoms with E-state index in [-0.39, 0.29) is 11.4 Å². The normalized spacial score (nSPS) is 11.3. The fraction of sp³-hybridized carbons (Fsp3) is 0.467. The van der Waals surface area contributed by atoms with Gasteiger partial charge in [-0.05, 0) is 31.0 Å². The molecule has 6 heteroatoms. The van der Waals surface area contributed by atoms with Crippen molar-refractivity contribution >= 4 is 10.0 Å². The van der Waals surface area contributed by atoms with Gasteiger partial charge in [0.15, 0.2) is 0 Å². The summed E-state index contributed by atoms with van der Waals surface area (Å²) in [7, 11) is -3.81. The molecule has 0 aliphatic heterocycles. The van der Waals surface area contributed by atoms with E-state index in [9.17, 15) is 12.8 Å². The standard InChI is InChI=1S/C15H21FN2O2S/c1-3-10-18(11-4-2)21(19,20)15-8-7-13(6-5-9-17)12-14(15)16/h7-8,12H,3-4,9-11,17H2,1-2H3. The molecule has 4 nitrogen and oxygen atoms in total. The van der Waals surface area contributed by atoms with Gasteiger partial charge in [-0.3, -0.25) is 0 Å². The largest absolute Gasteiger partial charge is 0.320 e. The molecule has 0 amide bonds. The Balaban J connectivity index is 3.18. The van der Waals surface area contributed by atoms with Crippen LogP contribution in [0.4, 0.5) is 4.39 Å². The molecule has 116 valence electrons. The maximum absolute atomic E-state index is 14.1. The summed E-state index contributed by atoms with van der Waals surface area (Å²) in [5.74, 6) is 4.50. The minimum absolute atomic E-state index is 0.169. The zero-order chi connectivity index (χ0) is 15.9. The van der Waals surface area contributed by atoms with Crippen molar-refractivity contribution < 1.29 is 12.8 Å². The Kier molecular flexibility index (Phi) is 6.82. The monoisotopic (exact) mass is 312 g/mol. The van der Waals surface area contributed by atoms with Crippen molar-refractivity contribution in [2.75, 3.05) is 19.6 Å². The number of benzene rings is 1. The van der Waals surface area contributed by atoms with E-state index in [0.717, 1.165) is 6.07 Å². The Morgan fingerprint density at radius 3 is 2.33 bits per heavy atom. The molecule has 0 unspecified atom stereocenters. The second kappa shape index (κ2) is 8.13. The van der Waals surface area contributed by atoms with Crippen molar-refractivity contribution in [2.24, 2.45) is 5.73 Å². The van der Waals surface area contributed by atoms with Crippen molar-refractivity contribution in [3.8, 4) is 11.8 Å². The number of hydrogen-bond donors (Lipinski definition) is 1. The van der Waals surface area contributed by atoms with E-state index in [1.165, 1.54) is 16.4 Å². The number of nitrogens with zero attached hydrogens (tertiary/aromatic N) is 1. The van der Waals surface area contributed by atoms with Gasteiger partial charge in [-0.15, -0.1) is 0 Å². The molecule has 1 aromatic rings. The topological polar surface area (TPSA) is 63.4 Å². The molecule has 2 N–H and O–H groups in total. The Bertz CT molecular complexity index is 627. The average Bonchev–Trinajstić information content (AvgIpc) is 2.44. The van der Waals surface area contributed by atoms with Crippen LogP contribution in [0.2, 0.25) is 0 Å². The summed E-state index contributed by atoms with van der Waals surface area (Å²) in [6.07, 6.45) is 1.36. The molecule has 0 radical (unpaired) electrons. The zero-order valence-corrected chi connectivity index (χ0v) is 13.2. The third-order valence-electron chi connectivity index (χ3n) is 2.83. The number of nitrogens with two attached hydrogens (primary N) is 1. The maximum Gasteiger partial charge on any atom is 0.245 e. The van der Waals surface area contributed by atoms with Crippen LogP contribution in [-0.2, 0) is 10.0 Å². The Morgan fingerprint density at radius 2 is 1.86 bits per heavy atom. The molecule has 1 rings (SSSR count). The molecule has 21 heavy (non-hydrogen) atoms. The van der Waals surface area contributed by atoms with Crippen LogP contribution >= 0.6 is 0 Å². The van der Waals surface area contributed by atoms with Crippen LogP contribution < -0.4 is 5.73 Å². The summed E-state index contributed by atoms with van der Waals surface area (Å²) in [6.45, 7) is 4.71. The van der Waals surface area contributed by atoms with Gasteiger partial charge in [0, 0.05) is 18.7 Å². The first kappa shape index (κ1) is 17.6. The van der Waals surface area contributed by atoms with Crippen LogP contribution in [0.25, 0.3) is 0 Å². The van der Waals surface area contributed by atoms with Crippen LogP contribution in [0.15, 0.2) is 23.1 Å². The van der Waals surface area contributed by atoms with Gasteiger partial charge in [-0.2, -0.15) is 4.31 Å². The summed E-state index contributed by atoms with van der Waals surface area (Å²) < 4.78 is 40.4. The highest BCUT2D eigenvalue weighted by Crippen LogP contribution is 2.21. The molecule has 0 atom stereocenters. The van der Waals surface area contributed by atoms with Gasteiger partial charge >= 0.3 is 0 Å². The van der Waals surface area contributed by atoms with Crippen molar-refractivity contribution in [3.63, 3.8) is 0 Å². The highest BCUT2D eigenvalue weighted by molar-refractivity contribution is 7.89. The summed E-state index contributed by atoms with van der Waals surface area (Å²) in [5, 5.41) is 0. The predicted octanol–water partition coefficient (Wildman–Crippen LogP) is 1.95. The minimum Gasteiger partial charge on any atom is -0.320 e. The lowest BCUT2D eigenvalue weighted by molar-refractivity contribution is 0.406. The Hall–Kier alpha value is -1.42. The number of hydrogen-bond acceptors (Lipinski definition) is 3. The van der Waals surface area contributed by atoms with E-state index in [1.807, 2.05) is 13.8 Å². The minimum atomic E-state index is -3.81. The molecule has 0 bridgehead atoms. The van der Waals surface area contributed by atoms with E-state index in [0.29, 0.717) is 31.5 Å². The molecule has 0 spiro atoms. The lowest BCUT2D eigenvalue weighted by Crippen LogP contribution is -2.33. The Labute approximate surface area is 126 Å². The fourth-order valence-electron chi connectivity index (χ4n) is 1.93.